The molecule has 0 bridgehead atoms. The Hall–Kier alpha value is -1.33. The van der Waals surface area contributed by atoms with Gasteiger partial charge in [-0.05, 0) is 30.4 Å². The molecule has 5 nitrogen and oxygen atoms in total. The van der Waals surface area contributed by atoms with Crippen molar-refractivity contribution >= 4 is 17.6 Å². The highest BCUT2D eigenvalue weighted by molar-refractivity contribution is 6.29. The number of hydrogen-bond donors (Lipinski definition) is 2. The second-order valence-corrected chi connectivity index (χ2v) is 6.61. The number of halogens is 1. The number of hydrogen-bond acceptors (Lipinski definition) is 3. The van der Waals surface area contributed by atoms with Gasteiger partial charge in [-0.3, -0.25) is 0 Å². The molecule has 0 saturated heterocycles. The van der Waals surface area contributed by atoms with Crippen molar-refractivity contribution in [1.82, 2.24) is 15.2 Å². The van der Waals surface area contributed by atoms with Crippen LogP contribution in [0.5, 0.6) is 0 Å². The first-order chi connectivity index (χ1) is 9.69. The maximum atomic E-state index is 12.1. The van der Waals surface area contributed by atoms with Crippen LogP contribution in [0.15, 0.2) is 18.3 Å². The number of urea groups is 1. The predicted molar refractivity (Wildman–Crippen MR) is 84.2 cm³/mol. The third-order valence-electron chi connectivity index (χ3n) is 3.12. The van der Waals surface area contributed by atoms with Crippen molar-refractivity contribution in [3.8, 4) is 0 Å². The largest absolute Gasteiger partial charge is 0.393 e. The molecule has 2 N–H and O–H groups in total. The molecule has 1 aromatic heterocycles. The highest BCUT2D eigenvalue weighted by Gasteiger charge is 2.21. The topological polar surface area (TPSA) is 65.5 Å². The van der Waals surface area contributed by atoms with Crippen LogP contribution < -0.4 is 5.32 Å². The molecule has 0 aliphatic rings. The molecule has 0 fully saturated rings. The summed E-state index contributed by atoms with van der Waals surface area (Å²) in [4.78, 5) is 17.6. The molecule has 118 valence electrons. The Morgan fingerprint density at radius 2 is 2.19 bits per heavy atom. The van der Waals surface area contributed by atoms with Crippen LogP contribution in [0.25, 0.3) is 0 Å². The molecule has 0 aromatic carbocycles. The molecule has 6 heteroatoms. The molecule has 0 spiro atoms. The summed E-state index contributed by atoms with van der Waals surface area (Å²) in [6.07, 6.45) is 1.91. The molecule has 1 aromatic rings. The van der Waals surface area contributed by atoms with E-state index in [4.69, 9.17) is 11.6 Å². The SMILES string of the molecule is CC(O)CC(C)(C)CNC(=O)N(C)Cc1ccc(Cl)nc1. The monoisotopic (exact) mass is 313 g/mol. The lowest BCUT2D eigenvalue weighted by atomic mass is 9.87. The van der Waals surface area contributed by atoms with Gasteiger partial charge in [0.25, 0.3) is 0 Å². The Kier molecular flexibility index (Phi) is 6.42. The predicted octanol–water partition coefficient (Wildman–Crippen LogP) is 2.67. The smallest absolute Gasteiger partial charge is 0.317 e. The van der Waals surface area contributed by atoms with Crippen LogP contribution in [0, 0.1) is 5.41 Å². The maximum absolute atomic E-state index is 12.1. The van der Waals surface area contributed by atoms with E-state index in [0.29, 0.717) is 24.7 Å². The number of rotatable bonds is 6. The molecule has 0 radical (unpaired) electrons. The van der Waals surface area contributed by atoms with Crippen LogP contribution in [-0.4, -0.2) is 40.7 Å². The highest BCUT2D eigenvalue weighted by atomic mass is 35.5. The van der Waals surface area contributed by atoms with E-state index in [1.807, 2.05) is 19.9 Å². The van der Waals surface area contributed by atoms with Gasteiger partial charge in [-0.1, -0.05) is 31.5 Å². The fourth-order valence-corrected chi connectivity index (χ4v) is 2.28. The lowest BCUT2D eigenvalue weighted by Crippen LogP contribution is -2.42. The van der Waals surface area contributed by atoms with Crippen molar-refractivity contribution in [3.63, 3.8) is 0 Å². The fourth-order valence-electron chi connectivity index (χ4n) is 2.17. The molecule has 1 rings (SSSR count). The lowest BCUT2D eigenvalue weighted by molar-refractivity contribution is 0.127. The van der Waals surface area contributed by atoms with Crippen LogP contribution in [0.4, 0.5) is 4.79 Å². The average Bonchev–Trinajstić information content (AvgIpc) is 2.37. The van der Waals surface area contributed by atoms with Crippen LogP contribution in [-0.2, 0) is 6.54 Å². The Balaban J connectivity index is 2.46. The van der Waals surface area contributed by atoms with E-state index in [1.165, 1.54) is 0 Å². The summed E-state index contributed by atoms with van der Waals surface area (Å²) in [5.41, 5.74) is 0.771. The quantitative estimate of drug-likeness (QED) is 0.794. The number of carbonyl (C=O) groups excluding carboxylic acids is 1. The molecule has 2 amide bonds. The van der Waals surface area contributed by atoms with Crippen LogP contribution >= 0.6 is 11.6 Å². The van der Waals surface area contributed by atoms with Crippen molar-refractivity contribution in [2.75, 3.05) is 13.6 Å². The highest BCUT2D eigenvalue weighted by Crippen LogP contribution is 2.21. The molecule has 1 heterocycles. The molecule has 21 heavy (non-hydrogen) atoms. The Labute approximate surface area is 131 Å². The van der Waals surface area contributed by atoms with Crippen LogP contribution in [0.1, 0.15) is 32.8 Å². The number of pyridine rings is 1. The van der Waals surface area contributed by atoms with Crippen LogP contribution in [0.3, 0.4) is 0 Å². The minimum Gasteiger partial charge on any atom is -0.393 e. The minimum atomic E-state index is -0.380. The first kappa shape index (κ1) is 17.7. The van der Waals surface area contributed by atoms with E-state index >= 15 is 0 Å². The maximum Gasteiger partial charge on any atom is 0.317 e. The summed E-state index contributed by atoms with van der Waals surface area (Å²) in [5.74, 6) is 0. The summed E-state index contributed by atoms with van der Waals surface area (Å²) >= 11 is 5.73. The van der Waals surface area contributed by atoms with E-state index in [2.05, 4.69) is 10.3 Å². The van der Waals surface area contributed by atoms with E-state index in [1.54, 1.807) is 31.1 Å². The number of nitrogens with one attached hydrogen (secondary N) is 1. The van der Waals surface area contributed by atoms with E-state index in [0.717, 1.165) is 5.56 Å². The third-order valence-corrected chi connectivity index (χ3v) is 3.34. The van der Waals surface area contributed by atoms with Gasteiger partial charge in [0.1, 0.15) is 5.15 Å². The molecule has 1 atom stereocenters. The van der Waals surface area contributed by atoms with E-state index in [-0.39, 0.29) is 17.6 Å². The Morgan fingerprint density at radius 3 is 2.71 bits per heavy atom. The number of amides is 2. The number of aromatic nitrogens is 1. The summed E-state index contributed by atoms with van der Waals surface area (Å²) in [6.45, 7) is 6.77. The first-order valence-corrected chi connectivity index (χ1v) is 7.35. The van der Waals surface area contributed by atoms with Gasteiger partial charge in [0.15, 0.2) is 0 Å². The van der Waals surface area contributed by atoms with Crippen molar-refractivity contribution in [3.05, 3.63) is 29.0 Å². The van der Waals surface area contributed by atoms with E-state index in [9.17, 15) is 9.90 Å². The molecule has 0 aliphatic heterocycles. The summed E-state index contributed by atoms with van der Waals surface area (Å²) < 4.78 is 0. The number of aliphatic hydroxyl groups is 1. The van der Waals surface area contributed by atoms with Crippen LogP contribution in [0.2, 0.25) is 5.15 Å². The Bertz CT molecular complexity index is 460. The van der Waals surface area contributed by atoms with Gasteiger partial charge in [0.2, 0.25) is 0 Å². The molecular weight excluding hydrogens is 290 g/mol. The van der Waals surface area contributed by atoms with Gasteiger partial charge >= 0.3 is 6.03 Å². The molecule has 0 saturated carbocycles. The summed E-state index contributed by atoms with van der Waals surface area (Å²) in [5, 5.41) is 12.8. The van der Waals surface area contributed by atoms with Gasteiger partial charge in [-0.15, -0.1) is 0 Å². The van der Waals surface area contributed by atoms with Gasteiger partial charge in [0.05, 0.1) is 6.10 Å². The van der Waals surface area contributed by atoms with Gasteiger partial charge in [0, 0.05) is 26.3 Å². The summed E-state index contributed by atoms with van der Waals surface area (Å²) in [7, 11) is 1.73. The first-order valence-electron chi connectivity index (χ1n) is 6.97. The van der Waals surface area contributed by atoms with Crippen molar-refractivity contribution in [2.24, 2.45) is 5.41 Å². The standard InChI is InChI=1S/C15H24ClN3O2/c1-11(20)7-15(2,3)10-18-14(21)19(4)9-12-5-6-13(16)17-8-12/h5-6,8,11,20H,7,9-10H2,1-4H3,(H,18,21). The van der Waals surface area contributed by atoms with E-state index < -0.39 is 0 Å². The normalized spacial score (nSPS) is 12.9. The molecule has 0 aliphatic carbocycles. The molecular formula is C15H24ClN3O2. The lowest BCUT2D eigenvalue weighted by Gasteiger charge is -2.28. The average molecular weight is 314 g/mol. The van der Waals surface area contributed by atoms with Crippen molar-refractivity contribution in [2.45, 2.75) is 39.8 Å². The second-order valence-electron chi connectivity index (χ2n) is 6.22. The number of nitrogens with zero attached hydrogens (tertiary/aromatic N) is 2. The zero-order valence-electron chi connectivity index (χ0n) is 13.1. The zero-order valence-corrected chi connectivity index (χ0v) is 13.8. The van der Waals surface area contributed by atoms with Crippen molar-refractivity contribution in [1.29, 1.82) is 0 Å². The zero-order chi connectivity index (χ0) is 16.0. The van der Waals surface area contributed by atoms with Gasteiger partial charge < -0.3 is 15.3 Å². The second kappa shape index (κ2) is 7.61. The third kappa shape index (κ3) is 6.78. The van der Waals surface area contributed by atoms with Gasteiger partial charge in [-0.2, -0.15) is 0 Å². The minimum absolute atomic E-state index is 0.146. The van der Waals surface area contributed by atoms with Crippen molar-refractivity contribution < 1.29 is 9.90 Å². The fraction of sp³-hybridized carbons (Fsp3) is 0.600. The molecule has 1 unspecified atom stereocenters. The number of aliphatic hydroxyl groups excluding tert-OH is 1. The van der Waals surface area contributed by atoms with Gasteiger partial charge in [-0.25, -0.2) is 9.78 Å². The summed E-state index contributed by atoms with van der Waals surface area (Å²) in [6, 6.07) is 3.40. The Morgan fingerprint density at radius 1 is 1.52 bits per heavy atom. The number of carbonyl (C=O) groups is 1.